The van der Waals surface area contributed by atoms with Gasteiger partial charge in [0.15, 0.2) is 0 Å². The Balaban J connectivity index is 1.74. The zero-order valence-corrected chi connectivity index (χ0v) is 10.9. The Morgan fingerprint density at radius 3 is 3.06 bits per heavy atom. The molecule has 2 rings (SSSR count). The van der Waals surface area contributed by atoms with Gasteiger partial charge in [0.1, 0.15) is 5.75 Å². The normalized spacial score (nSPS) is 18.6. The van der Waals surface area contributed by atoms with E-state index in [1.165, 1.54) is 6.42 Å². The topological polar surface area (TPSA) is 42.2 Å². The van der Waals surface area contributed by atoms with Gasteiger partial charge in [0.25, 0.3) is 0 Å². The lowest BCUT2D eigenvalue weighted by Crippen LogP contribution is -2.07. The van der Waals surface area contributed by atoms with Gasteiger partial charge in [-0.15, -0.1) is 0 Å². The number of hydrogen-bond acceptors (Lipinski definition) is 3. The van der Waals surface area contributed by atoms with Gasteiger partial charge in [0.2, 0.25) is 0 Å². The molecular formula is C14H16ClNO2. The van der Waals surface area contributed by atoms with Crippen LogP contribution in [0.5, 0.6) is 5.75 Å². The van der Waals surface area contributed by atoms with Crippen molar-refractivity contribution in [2.75, 3.05) is 13.2 Å². The molecule has 0 spiro atoms. The third-order valence-corrected chi connectivity index (χ3v) is 3.31. The largest absolute Gasteiger partial charge is 0.492 e. The first-order valence-electron chi connectivity index (χ1n) is 6.23. The Bertz CT molecular complexity index is 436. The van der Waals surface area contributed by atoms with E-state index in [1.54, 1.807) is 18.2 Å². The van der Waals surface area contributed by atoms with Crippen molar-refractivity contribution in [2.45, 2.75) is 31.8 Å². The zero-order chi connectivity index (χ0) is 12.8. The van der Waals surface area contributed by atoms with Gasteiger partial charge in [0.05, 0.1) is 29.4 Å². The quantitative estimate of drug-likeness (QED) is 0.765. The van der Waals surface area contributed by atoms with Gasteiger partial charge in [-0.2, -0.15) is 5.26 Å². The summed E-state index contributed by atoms with van der Waals surface area (Å²) in [5.41, 5.74) is 0.548. The van der Waals surface area contributed by atoms with Crippen LogP contribution in [0.15, 0.2) is 18.2 Å². The molecule has 0 bridgehead atoms. The molecule has 0 N–H and O–H groups in total. The summed E-state index contributed by atoms with van der Waals surface area (Å²) < 4.78 is 11.1. The highest BCUT2D eigenvalue weighted by atomic mass is 35.5. The van der Waals surface area contributed by atoms with Crippen LogP contribution in [0.4, 0.5) is 0 Å². The number of benzene rings is 1. The summed E-state index contributed by atoms with van der Waals surface area (Å²) >= 11 is 6.01. The van der Waals surface area contributed by atoms with E-state index < -0.39 is 0 Å². The Kier molecular flexibility index (Phi) is 4.86. The lowest BCUT2D eigenvalue weighted by Gasteiger charge is -2.11. The Morgan fingerprint density at radius 2 is 2.39 bits per heavy atom. The molecule has 1 unspecified atom stereocenters. The average molecular weight is 266 g/mol. The number of hydrogen-bond donors (Lipinski definition) is 0. The van der Waals surface area contributed by atoms with E-state index in [-0.39, 0.29) is 0 Å². The number of nitrogens with zero attached hydrogens (tertiary/aromatic N) is 1. The summed E-state index contributed by atoms with van der Waals surface area (Å²) in [6, 6.07) is 7.12. The Morgan fingerprint density at radius 1 is 1.50 bits per heavy atom. The number of halogens is 1. The first-order valence-corrected chi connectivity index (χ1v) is 6.61. The molecule has 1 aliphatic rings. The van der Waals surface area contributed by atoms with Gasteiger partial charge in [-0.05, 0) is 43.9 Å². The third-order valence-electron chi connectivity index (χ3n) is 3.01. The van der Waals surface area contributed by atoms with Crippen molar-refractivity contribution >= 4 is 11.6 Å². The molecule has 0 radical (unpaired) electrons. The van der Waals surface area contributed by atoms with Gasteiger partial charge in [-0.25, -0.2) is 0 Å². The number of nitriles is 1. The molecule has 1 aliphatic heterocycles. The highest BCUT2D eigenvalue weighted by Crippen LogP contribution is 2.25. The van der Waals surface area contributed by atoms with Gasteiger partial charge in [-0.3, -0.25) is 0 Å². The standard InChI is InChI=1S/C14H16ClNO2/c15-13-9-11(10-16)5-6-14(13)18-8-2-4-12-3-1-7-17-12/h5-6,9,12H,1-4,7-8H2. The van der Waals surface area contributed by atoms with Crippen molar-refractivity contribution in [3.8, 4) is 11.8 Å². The summed E-state index contributed by atoms with van der Waals surface area (Å²) in [6.07, 6.45) is 4.74. The molecule has 1 aromatic rings. The fourth-order valence-electron chi connectivity index (χ4n) is 2.05. The predicted molar refractivity (Wildman–Crippen MR) is 69.9 cm³/mol. The van der Waals surface area contributed by atoms with Crippen LogP contribution < -0.4 is 4.74 Å². The molecule has 1 atom stereocenters. The zero-order valence-electron chi connectivity index (χ0n) is 10.2. The average Bonchev–Trinajstić information content (AvgIpc) is 2.89. The summed E-state index contributed by atoms with van der Waals surface area (Å²) in [6.45, 7) is 1.53. The minimum absolute atomic E-state index is 0.407. The van der Waals surface area contributed by atoms with E-state index in [9.17, 15) is 0 Å². The highest BCUT2D eigenvalue weighted by Gasteiger charge is 2.14. The SMILES string of the molecule is N#Cc1ccc(OCCCC2CCCO2)c(Cl)c1. The lowest BCUT2D eigenvalue weighted by molar-refractivity contribution is 0.0981. The molecule has 3 nitrogen and oxygen atoms in total. The monoisotopic (exact) mass is 265 g/mol. The molecular weight excluding hydrogens is 250 g/mol. The molecule has 0 aromatic heterocycles. The summed E-state index contributed by atoms with van der Waals surface area (Å²) in [5, 5.41) is 9.22. The second kappa shape index (κ2) is 6.63. The van der Waals surface area contributed by atoms with Crippen LogP contribution in [-0.2, 0) is 4.74 Å². The van der Waals surface area contributed by atoms with Crippen LogP contribution in [0.1, 0.15) is 31.2 Å². The van der Waals surface area contributed by atoms with Crippen LogP contribution in [0, 0.1) is 11.3 Å². The van der Waals surface area contributed by atoms with Crippen molar-refractivity contribution in [3.05, 3.63) is 28.8 Å². The third kappa shape index (κ3) is 3.63. The second-order valence-electron chi connectivity index (χ2n) is 4.38. The van der Waals surface area contributed by atoms with E-state index in [2.05, 4.69) is 0 Å². The minimum Gasteiger partial charge on any atom is -0.492 e. The van der Waals surface area contributed by atoms with Gasteiger partial charge in [0, 0.05) is 6.61 Å². The lowest BCUT2D eigenvalue weighted by atomic mass is 10.1. The van der Waals surface area contributed by atoms with Crippen LogP contribution in [0.3, 0.4) is 0 Å². The summed E-state index contributed by atoms with van der Waals surface area (Å²) in [5.74, 6) is 0.642. The molecule has 1 aromatic carbocycles. The highest BCUT2D eigenvalue weighted by molar-refractivity contribution is 6.32. The first kappa shape index (κ1) is 13.2. The van der Waals surface area contributed by atoms with Crippen molar-refractivity contribution in [1.82, 2.24) is 0 Å². The van der Waals surface area contributed by atoms with E-state index in [0.717, 1.165) is 25.9 Å². The molecule has 4 heteroatoms. The molecule has 1 saturated heterocycles. The molecule has 18 heavy (non-hydrogen) atoms. The maximum absolute atomic E-state index is 8.72. The molecule has 1 heterocycles. The van der Waals surface area contributed by atoms with Gasteiger partial charge in [-0.1, -0.05) is 11.6 Å². The molecule has 0 aliphatic carbocycles. The van der Waals surface area contributed by atoms with Crippen molar-refractivity contribution in [3.63, 3.8) is 0 Å². The molecule has 96 valence electrons. The number of rotatable bonds is 5. The summed E-state index contributed by atoms with van der Waals surface area (Å²) in [7, 11) is 0. The van der Waals surface area contributed by atoms with Crippen molar-refractivity contribution < 1.29 is 9.47 Å². The van der Waals surface area contributed by atoms with Crippen LogP contribution in [0.2, 0.25) is 5.02 Å². The minimum atomic E-state index is 0.407. The van der Waals surface area contributed by atoms with E-state index in [0.29, 0.717) is 29.0 Å². The van der Waals surface area contributed by atoms with Gasteiger partial charge < -0.3 is 9.47 Å². The van der Waals surface area contributed by atoms with E-state index in [1.807, 2.05) is 6.07 Å². The maximum Gasteiger partial charge on any atom is 0.137 e. The smallest absolute Gasteiger partial charge is 0.137 e. The van der Waals surface area contributed by atoms with Crippen molar-refractivity contribution in [1.29, 1.82) is 5.26 Å². The van der Waals surface area contributed by atoms with Gasteiger partial charge >= 0.3 is 0 Å². The molecule has 1 fully saturated rings. The van der Waals surface area contributed by atoms with Crippen molar-refractivity contribution in [2.24, 2.45) is 0 Å². The van der Waals surface area contributed by atoms with E-state index in [4.69, 9.17) is 26.3 Å². The molecule has 0 amide bonds. The fourth-order valence-corrected chi connectivity index (χ4v) is 2.29. The predicted octanol–water partition coefficient (Wildman–Crippen LogP) is 3.55. The van der Waals surface area contributed by atoms with E-state index >= 15 is 0 Å². The number of ether oxygens (including phenoxy) is 2. The Hall–Kier alpha value is -1.24. The Labute approximate surface area is 112 Å². The first-order chi connectivity index (χ1) is 8.79. The second-order valence-corrected chi connectivity index (χ2v) is 4.79. The molecule has 0 saturated carbocycles. The maximum atomic E-state index is 8.72. The van der Waals surface area contributed by atoms with Crippen LogP contribution in [-0.4, -0.2) is 19.3 Å². The fraction of sp³-hybridized carbons (Fsp3) is 0.500. The van der Waals surface area contributed by atoms with Crippen LogP contribution >= 0.6 is 11.6 Å². The van der Waals surface area contributed by atoms with Crippen LogP contribution in [0.25, 0.3) is 0 Å². The summed E-state index contributed by atoms with van der Waals surface area (Å²) in [4.78, 5) is 0.